The molecule has 1 aromatic rings. The van der Waals surface area contributed by atoms with Crippen molar-refractivity contribution in [3.05, 3.63) is 35.4 Å². The van der Waals surface area contributed by atoms with Crippen molar-refractivity contribution in [3.63, 3.8) is 0 Å². The average molecular weight is 281 g/mol. The summed E-state index contributed by atoms with van der Waals surface area (Å²) in [5.41, 5.74) is 1.76. The van der Waals surface area contributed by atoms with Crippen LogP contribution in [0.4, 0.5) is 0 Å². The predicted octanol–water partition coefficient (Wildman–Crippen LogP) is 3.07. The van der Waals surface area contributed by atoms with Crippen molar-refractivity contribution >= 4 is 17.7 Å². The summed E-state index contributed by atoms with van der Waals surface area (Å²) >= 11 is 1.80. The summed E-state index contributed by atoms with van der Waals surface area (Å²) < 4.78 is 0. The van der Waals surface area contributed by atoms with Crippen LogP contribution in [0.15, 0.2) is 24.3 Å². The van der Waals surface area contributed by atoms with Gasteiger partial charge in [0.15, 0.2) is 0 Å². The van der Waals surface area contributed by atoms with Gasteiger partial charge in [-0.05, 0) is 38.4 Å². The number of thioether (sulfide) groups is 1. The van der Waals surface area contributed by atoms with Crippen molar-refractivity contribution < 1.29 is 9.90 Å². The maximum absolute atomic E-state index is 11.2. The summed E-state index contributed by atoms with van der Waals surface area (Å²) in [7, 11) is 1.70. The number of carboxylic acids is 1. The molecule has 0 spiro atoms. The Morgan fingerprint density at radius 3 is 2.63 bits per heavy atom. The zero-order chi connectivity index (χ0) is 14.5. The summed E-state index contributed by atoms with van der Waals surface area (Å²) in [6.45, 7) is 5.93. The molecule has 0 aliphatic heterocycles. The molecule has 2 unspecified atom stereocenters. The number of carboxylic acid groups (broad SMARTS) is 1. The van der Waals surface area contributed by atoms with Gasteiger partial charge in [0.1, 0.15) is 5.54 Å². The molecule has 2 N–H and O–H groups in total. The molecule has 0 heterocycles. The number of hydrogen-bond acceptors (Lipinski definition) is 3. The van der Waals surface area contributed by atoms with Crippen LogP contribution in [0, 0.1) is 6.92 Å². The topological polar surface area (TPSA) is 49.3 Å². The number of nitrogens with one attached hydrogen (secondary N) is 1. The van der Waals surface area contributed by atoms with E-state index in [1.165, 1.54) is 11.1 Å². The Labute approximate surface area is 119 Å². The fourth-order valence-electron chi connectivity index (χ4n) is 1.93. The van der Waals surface area contributed by atoms with Crippen LogP contribution in [0.3, 0.4) is 0 Å². The van der Waals surface area contributed by atoms with Gasteiger partial charge in [-0.25, -0.2) is 0 Å². The first-order valence-corrected chi connectivity index (χ1v) is 7.52. The zero-order valence-corrected chi connectivity index (χ0v) is 12.9. The van der Waals surface area contributed by atoms with E-state index < -0.39 is 11.5 Å². The molecule has 0 saturated heterocycles. The molecule has 0 amide bonds. The largest absolute Gasteiger partial charge is 0.480 e. The maximum atomic E-state index is 11.2. The van der Waals surface area contributed by atoms with Crippen LogP contribution in [0.2, 0.25) is 0 Å². The molecule has 0 aliphatic carbocycles. The highest BCUT2D eigenvalue weighted by Gasteiger charge is 2.32. The summed E-state index contributed by atoms with van der Waals surface area (Å²) in [5, 5.41) is 12.4. The molecule has 2 atom stereocenters. The molecule has 19 heavy (non-hydrogen) atoms. The van der Waals surface area contributed by atoms with E-state index in [0.29, 0.717) is 6.42 Å². The van der Waals surface area contributed by atoms with E-state index in [4.69, 9.17) is 0 Å². The molecular weight excluding hydrogens is 258 g/mol. The van der Waals surface area contributed by atoms with Crippen molar-refractivity contribution in [3.8, 4) is 0 Å². The summed E-state index contributed by atoms with van der Waals surface area (Å²) in [4.78, 5) is 11.2. The Morgan fingerprint density at radius 2 is 2.11 bits per heavy atom. The summed E-state index contributed by atoms with van der Waals surface area (Å²) in [5.74, 6) is 0.131. The van der Waals surface area contributed by atoms with Crippen molar-refractivity contribution in [2.45, 2.75) is 43.7 Å². The molecule has 1 rings (SSSR count). The lowest BCUT2D eigenvalue weighted by atomic mass is 9.96. The third-order valence-corrected chi connectivity index (χ3v) is 4.72. The minimum atomic E-state index is -0.849. The number of carbonyl (C=O) groups is 1. The van der Waals surface area contributed by atoms with E-state index >= 15 is 0 Å². The first-order valence-electron chi connectivity index (χ1n) is 6.47. The van der Waals surface area contributed by atoms with Gasteiger partial charge in [-0.1, -0.05) is 31.2 Å². The molecule has 1 aromatic carbocycles. The van der Waals surface area contributed by atoms with Gasteiger partial charge < -0.3 is 10.4 Å². The number of aliphatic carboxylic acids is 1. The zero-order valence-electron chi connectivity index (χ0n) is 12.1. The first kappa shape index (κ1) is 16.1. The second-order valence-corrected chi connectivity index (χ2v) is 6.57. The van der Waals surface area contributed by atoms with Crippen molar-refractivity contribution in [2.75, 3.05) is 7.05 Å². The van der Waals surface area contributed by atoms with E-state index in [-0.39, 0.29) is 5.25 Å². The van der Waals surface area contributed by atoms with Gasteiger partial charge >= 0.3 is 5.97 Å². The highest BCUT2D eigenvalue weighted by atomic mass is 32.2. The van der Waals surface area contributed by atoms with Crippen molar-refractivity contribution in [1.82, 2.24) is 5.32 Å². The maximum Gasteiger partial charge on any atom is 0.323 e. The van der Waals surface area contributed by atoms with Crippen LogP contribution in [-0.2, 0) is 10.5 Å². The van der Waals surface area contributed by atoms with Gasteiger partial charge in [-0.15, -0.1) is 0 Å². The van der Waals surface area contributed by atoms with E-state index in [0.717, 1.165) is 5.75 Å². The van der Waals surface area contributed by atoms with Crippen LogP contribution in [-0.4, -0.2) is 28.9 Å². The normalized spacial score (nSPS) is 15.8. The SMILES string of the molecule is CNC(C)(CC(C)SCc1ccccc1C)C(=O)O. The molecule has 0 fully saturated rings. The van der Waals surface area contributed by atoms with Gasteiger partial charge in [-0.3, -0.25) is 4.79 Å². The molecule has 3 nitrogen and oxygen atoms in total. The number of rotatable bonds is 7. The smallest absolute Gasteiger partial charge is 0.323 e. The molecule has 0 aromatic heterocycles. The van der Waals surface area contributed by atoms with Crippen LogP contribution in [0.5, 0.6) is 0 Å². The monoisotopic (exact) mass is 281 g/mol. The van der Waals surface area contributed by atoms with Gasteiger partial charge in [0.2, 0.25) is 0 Å². The Balaban J connectivity index is 2.55. The third-order valence-electron chi connectivity index (χ3n) is 3.50. The molecule has 0 bridgehead atoms. The fraction of sp³-hybridized carbons (Fsp3) is 0.533. The molecular formula is C15H23NO2S. The summed E-state index contributed by atoms with van der Waals surface area (Å²) in [6.07, 6.45) is 0.607. The highest BCUT2D eigenvalue weighted by molar-refractivity contribution is 7.99. The van der Waals surface area contributed by atoms with Crippen LogP contribution >= 0.6 is 11.8 Å². The Bertz CT molecular complexity index is 436. The number of benzene rings is 1. The minimum absolute atomic E-state index is 0.285. The van der Waals surface area contributed by atoms with Crippen LogP contribution in [0.1, 0.15) is 31.4 Å². The van der Waals surface area contributed by atoms with Crippen molar-refractivity contribution in [2.24, 2.45) is 0 Å². The predicted molar refractivity (Wildman–Crippen MR) is 81.7 cm³/mol. The van der Waals surface area contributed by atoms with Crippen LogP contribution < -0.4 is 5.32 Å². The fourth-order valence-corrected chi connectivity index (χ4v) is 3.17. The lowest BCUT2D eigenvalue weighted by Gasteiger charge is -2.27. The second kappa shape index (κ2) is 6.96. The molecule has 106 valence electrons. The number of hydrogen-bond donors (Lipinski definition) is 2. The van der Waals surface area contributed by atoms with E-state index in [2.05, 4.69) is 31.3 Å². The highest BCUT2D eigenvalue weighted by Crippen LogP contribution is 2.26. The van der Waals surface area contributed by atoms with E-state index in [1.807, 2.05) is 12.1 Å². The lowest BCUT2D eigenvalue weighted by Crippen LogP contribution is -2.49. The standard InChI is InChI=1S/C15H23NO2S/c1-11-7-5-6-8-13(11)10-19-12(2)9-15(3,16-4)14(17)18/h5-8,12,16H,9-10H2,1-4H3,(H,17,18). The van der Waals surface area contributed by atoms with E-state index in [9.17, 15) is 9.90 Å². The van der Waals surface area contributed by atoms with Crippen LogP contribution in [0.25, 0.3) is 0 Å². The third kappa shape index (κ3) is 4.55. The Hall–Kier alpha value is -1.00. The second-order valence-electron chi connectivity index (χ2n) is 5.14. The molecule has 4 heteroatoms. The van der Waals surface area contributed by atoms with Gasteiger partial charge in [0, 0.05) is 11.0 Å². The Kier molecular flexibility index (Phi) is 5.88. The summed E-state index contributed by atoms with van der Waals surface area (Å²) in [6, 6.07) is 8.32. The van der Waals surface area contributed by atoms with Gasteiger partial charge in [-0.2, -0.15) is 11.8 Å². The quantitative estimate of drug-likeness (QED) is 0.806. The van der Waals surface area contributed by atoms with Crippen molar-refractivity contribution in [1.29, 1.82) is 0 Å². The van der Waals surface area contributed by atoms with Gasteiger partial charge in [0.05, 0.1) is 0 Å². The minimum Gasteiger partial charge on any atom is -0.480 e. The molecule has 0 radical (unpaired) electrons. The average Bonchev–Trinajstić information content (AvgIpc) is 2.37. The first-order chi connectivity index (χ1) is 8.89. The number of likely N-dealkylation sites (N-methyl/N-ethyl adjacent to an activating group) is 1. The molecule has 0 saturated carbocycles. The lowest BCUT2D eigenvalue weighted by molar-refractivity contribution is -0.144. The van der Waals surface area contributed by atoms with E-state index in [1.54, 1.807) is 25.7 Å². The number of aryl methyl sites for hydroxylation is 1. The van der Waals surface area contributed by atoms with Gasteiger partial charge in [0.25, 0.3) is 0 Å². The molecule has 0 aliphatic rings. The Morgan fingerprint density at radius 1 is 1.47 bits per heavy atom.